The Labute approximate surface area is 121 Å². The molecule has 5 heteroatoms. The van der Waals surface area contributed by atoms with Crippen molar-refractivity contribution < 1.29 is 4.57 Å². The van der Waals surface area contributed by atoms with E-state index in [1.807, 2.05) is 24.5 Å². The first-order valence-corrected chi connectivity index (χ1v) is 7.03. The molecule has 0 aromatic carbocycles. The normalized spacial score (nSPS) is 13.0. The van der Waals surface area contributed by atoms with Gasteiger partial charge in [0.05, 0.1) is 20.6 Å². The fourth-order valence-electron chi connectivity index (χ4n) is 3.63. The summed E-state index contributed by atoms with van der Waals surface area (Å²) in [6.45, 7) is 0.867. The monoisotopic (exact) mass is 276 g/mol. The molecule has 0 aliphatic carbocycles. The molecule has 0 saturated carbocycles. The van der Waals surface area contributed by atoms with E-state index in [0.29, 0.717) is 0 Å². The van der Waals surface area contributed by atoms with Crippen LogP contribution < -0.4 is 4.57 Å². The predicted octanol–water partition coefficient (Wildman–Crippen LogP) is 1.78. The Hall–Kier alpha value is -2.69. The Morgan fingerprint density at radius 3 is 2.86 bits per heavy atom. The molecule has 0 atom stereocenters. The molecule has 0 spiro atoms. The van der Waals surface area contributed by atoms with Gasteiger partial charge in [-0.1, -0.05) is 6.07 Å². The van der Waals surface area contributed by atoms with Gasteiger partial charge in [0, 0.05) is 18.0 Å². The molecule has 1 aliphatic rings. The molecule has 0 fully saturated rings. The van der Waals surface area contributed by atoms with Crippen LogP contribution in [0.2, 0.25) is 0 Å². The highest BCUT2D eigenvalue weighted by Gasteiger charge is 2.35. The van der Waals surface area contributed by atoms with Gasteiger partial charge in [-0.3, -0.25) is 4.57 Å². The SMILES string of the molecule is Cn1c2cccnc2c2c1[n+](C)c1n2Cc2cccnc2-1. The third-order valence-corrected chi connectivity index (χ3v) is 4.49. The zero-order chi connectivity index (χ0) is 14.1. The lowest BCUT2D eigenvalue weighted by molar-refractivity contribution is -0.636. The number of rotatable bonds is 0. The van der Waals surface area contributed by atoms with Crippen molar-refractivity contribution in [2.45, 2.75) is 6.54 Å². The summed E-state index contributed by atoms with van der Waals surface area (Å²) in [5.74, 6) is 1.17. The van der Waals surface area contributed by atoms with Gasteiger partial charge >= 0.3 is 0 Å². The van der Waals surface area contributed by atoms with E-state index in [9.17, 15) is 0 Å². The summed E-state index contributed by atoms with van der Waals surface area (Å²) in [5.41, 5.74) is 6.97. The number of aromatic nitrogens is 5. The van der Waals surface area contributed by atoms with Crippen molar-refractivity contribution in [2.24, 2.45) is 14.1 Å². The second-order valence-electron chi connectivity index (χ2n) is 5.58. The Bertz CT molecular complexity index is 1040. The first-order chi connectivity index (χ1) is 10.3. The quantitative estimate of drug-likeness (QED) is 0.404. The van der Waals surface area contributed by atoms with Crippen molar-refractivity contribution in [3.63, 3.8) is 0 Å². The van der Waals surface area contributed by atoms with Gasteiger partial charge < -0.3 is 0 Å². The van der Waals surface area contributed by atoms with Crippen molar-refractivity contribution in [3.8, 4) is 11.5 Å². The number of aryl methyl sites for hydroxylation is 2. The summed E-state index contributed by atoms with van der Waals surface area (Å²) in [7, 11) is 4.21. The summed E-state index contributed by atoms with van der Waals surface area (Å²) < 4.78 is 6.78. The van der Waals surface area contributed by atoms with Crippen molar-refractivity contribution in [2.75, 3.05) is 0 Å². The van der Waals surface area contributed by atoms with E-state index in [1.54, 1.807) is 0 Å². The van der Waals surface area contributed by atoms with Gasteiger partial charge in [0.25, 0.3) is 11.5 Å². The van der Waals surface area contributed by atoms with Gasteiger partial charge in [-0.15, -0.1) is 0 Å². The van der Waals surface area contributed by atoms with Crippen LogP contribution in [0.3, 0.4) is 0 Å². The molecule has 0 bridgehead atoms. The molecule has 4 aromatic rings. The van der Waals surface area contributed by atoms with Crippen LogP contribution in [-0.4, -0.2) is 19.1 Å². The second-order valence-corrected chi connectivity index (χ2v) is 5.58. The van der Waals surface area contributed by atoms with Crippen molar-refractivity contribution in [3.05, 3.63) is 42.2 Å². The first kappa shape index (κ1) is 11.0. The van der Waals surface area contributed by atoms with Crippen LogP contribution >= 0.6 is 0 Å². The zero-order valence-electron chi connectivity index (χ0n) is 11.9. The number of pyridine rings is 2. The van der Waals surface area contributed by atoms with Gasteiger partial charge in [-0.05, 0) is 18.2 Å². The molecule has 21 heavy (non-hydrogen) atoms. The molecule has 4 aromatic heterocycles. The van der Waals surface area contributed by atoms with Crippen LogP contribution in [0.4, 0.5) is 0 Å². The third kappa shape index (κ3) is 1.15. The molecule has 5 rings (SSSR count). The standard InChI is InChI=1S/C16H14N5/c1-19-11-6-4-8-18-13(11)14-16(19)20(2)15-12-10(9-21(14)15)5-3-7-17-12/h3-8H,9H2,1-2H3/q+1. The molecule has 0 N–H and O–H groups in total. The van der Waals surface area contributed by atoms with Crippen LogP contribution in [0.25, 0.3) is 33.7 Å². The average Bonchev–Trinajstić information content (AvgIpc) is 3.11. The summed E-state index contributed by atoms with van der Waals surface area (Å²) in [5, 5.41) is 0. The predicted molar refractivity (Wildman–Crippen MR) is 79.7 cm³/mol. The Morgan fingerprint density at radius 2 is 1.95 bits per heavy atom. The third-order valence-electron chi connectivity index (χ3n) is 4.49. The summed E-state index contributed by atoms with van der Waals surface area (Å²) >= 11 is 0. The van der Waals surface area contributed by atoms with Crippen molar-refractivity contribution in [1.82, 2.24) is 19.1 Å². The minimum absolute atomic E-state index is 0.867. The van der Waals surface area contributed by atoms with Gasteiger partial charge in [0.15, 0.2) is 0 Å². The molecular weight excluding hydrogens is 262 g/mol. The second kappa shape index (κ2) is 3.49. The number of hydrogen-bond donors (Lipinski definition) is 0. The highest BCUT2D eigenvalue weighted by Crippen LogP contribution is 2.35. The molecule has 0 radical (unpaired) electrons. The lowest BCUT2D eigenvalue weighted by Gasteiger charge is -1.97. The van der Waals surface area contributed by atoms with Gasteiger partial charge in [-0.25, -0.2) is 19.1 Å². The lowest BCUT2D eigenvalue weighted by Crippen LogP contribution is -2.31. The van der Waals surface area contributed by atoms with E-state index in [1.165, 1.54) is 22.6 Å². The minimum Gasteiger partial charge on any atom is -0.257 e. The van der Waals surface area contributed by atoms with Crippen LogP contribution in [0.1, 0.15) is 5.56 Å². The van der Waals surface area contributed by atoms with E-state index in [4.69, 9.17) is 0 Å². The number of hydrogen-bond acceptors (Lipinski definition) is 2. The van der Waals surface area contributed by atoms with Crippen LogP contribution in [0, 0.1) is 0 Å². The molecule has 0 unspecified atom stereocenters. The average molecular weight is 276 g/mol. The zero-order valence-corrected chi connectivity index (χ0v) is 11.9. The van der Waals surface area contributed by atoms with E-state index < -0.39 is 0 Å². The van der Waals surface area contributed by atoms with Gasteiger partial charge in [0.2, 0.25) is 5.52 Å². The van der Waals surface area contributed by atoms with Crippen LogP contribution in [0.5, 0.6) is 0 Å². The van der Waals surface area contributed by atoms with E-state index in [2.05, 4.69) is 49.9 Å². The fourth-order valence-corrected chi connectivity index (χ4v) is 3.63. The summed E-state index contributed by atoms with van der Waals surface area (Å²) in [6, 6.07) is 8.27. The molecular formula is C16H14N5+. The lowest BCUT2D eigenvalue weighted by atomic mass is 10.2. The fraction of sp³-hybridized carbons (Fsp3) is 0.188. The number of imidazole rings is 1. The maximum absolute atomic E-state index is 4.61. The number of fused-ring (bicyclic) bond motifs is 7. The van der Waals surface area contributed by atoms with Gasteiger partial charge in [0.1, 0.15) is 16.7 Å². The molecule has 1 aliphatic heterocycles. The molecule has 0 saturated heterocycles. The highest BCUT2D eigenvalue weighted by molar-refractivity contribution is 6.02. The Kier molecular flexibility index (Phi) is 1.83. The summed E-state index contributed by atoms with van der Waals surface area (Å²) in [4.78, 5) is 9.18. The maximum atomic E-state index is 4.61. The largest absolute Gasteiger partial charge is 0.271 e. The van der Waals surface area contributed by atoms with E-state index in [0.717, 1.165) is 23.3 Å². The minimum atomic E-state index is 0.867. The van der Waals surface area contributed by atoms with E-state index in [-0.39, 0.29) is 0 Å². The molecule has 5 nitrogen and oxygen atoms in total. The Morgan fingerprint density at radius 1 is 1.14 bits per heavy atom. The van der Waals surface area contributed by atoms with Gasteiger partial charge in [-0.2, -0.15) is 0 Å². The topological polar surface area (TPSA) is 39.5 Å². The highest BCUT2D eigenvalue weighted by atomic mass is 15.2. The summed E-state index contributed by atoms with van der Waals surface area (Å²) in [6.07, 6.45) is 3.73. The maximum Gasteiger partial charge on any atom is 0.271 e. The van der Waals surface area contributed by atoms with Crippen molar-refractivity contribution >= 4 is 22.2 Å². The molecule has 5 heterocycles. The van der Waals surface area contributed by atoms with Crippen LogP contribution in [-0.2, 0) is 20.6 Å². The Balaban J connectivity index is 2.03. The number of nitrogens with zero attached hydrogens (tertiary/aromatic N) is 5. The van der Waals surface area contributed by atoms with Crippen LogP contribution in [0.15, 0.2) is 36.7 Å². The van der Waals surface area contributed by atoms with E-state index >= 15 is 0 Å². The molecule has 0 amide bonds. The first-order valence-electron chi connectivity index (χ1n) is 7.03. The molecule has 102 valence electrons. The van der Waals surface area contributed by atoms with Crippen molar-refractivity contribution in [1.29, 1.82) is 0 Å². The smallest absolute Gasteiger partial charge is 0.257 e.